The largest absolute Gasteiger partial charge is 0.343 e. The van der Waals surface area contributed by atoms with Gasteiger partial charge in [0.2, 0.25) is 5.91 Å². The van der Waals surface area contributed by atoms with Gasteiger partial charge in [0.1, 0.15) is 17.9 Å². The second kappa shape index (κ2) is 6.94. The summed E-state index contributed by atoms with van der Waals surface area (Å²) in [6.07, 6.45) is 2.94. The highest BCUT2D eigenvalue weighted by molar-refractivity contribution is 6.19. The number of nitrogens with zero attached hydrogens (tertiary/aromatic N) is 3. The van der Waals surface area contributed by atoms with Gasteiger partial charge in [0, 0.05) is 13.6 Å². The monoisotopic (exact) mass is 285 g/mol. The summed E-state index contributed by atoms with van der Waals surface area (Å²) in [5.41, 5.74) is 0.840. The minimum atomic E-state index is -0.186. The maximum atomic E-state index is 12.3. The zero-order chi connectivity index (χ0) is 14.6. The van der Waals surface area contributed by atoms with Gasteiger partial charge < -0.3 is 9.80 Å². The molecule has 0 aliphatic carbocycles. The third-order valence-electron chi connectivity index (χ3n) is 3.45. The van der Waals surface area contributed by atoms with Gasteiger partial charge in [0.15, 0.2) is 0 Å². The number of amides is 1. The van der Waals surface area contributed by atoms with E-state index in [2.05, 4.69) is 23.7 Å². The van der Waals surface area contributed by atoms with Crippen molar-refractivity contribution in [1.29, 1.82) is 0 Å². The van der Waals surface area contributed by atoms with Crippen molar-refractivity contribution in [2.45, 2.75) is 40.2 Å². The molecule has 1 saturated heterocycles. The van der Waals surface area contributed by atoms with Crippen molar-refractivity contribution in [2.24, 2.45) is 10.9 Å². The first-order valence-corrected chi connectivity index (χ1v) is 7.28. The average molecular weight is 286 g/mol. The van der Waals surface area contributed by atoms with Crippen molar-refractivity contribution in [3.63, 3.8) is 0 Å². The van der Waals surface area contributed by atoms with E-state index in [0.29, 0.717) is 5.92 Å². The zero-order valence-corrected chi connectivity index (χ0v) is 13.2. The molecule has 0 saturated carbocycles. The summed E-state index contributed by atoms with van der Waals surface area (Å²) >= 11 is 5.77. The van der Waals surface area contributed by atoms with Gasteiger partial charge in [-0.15, -0.1) is 11.6 Å². The SMILES string of the molecule is C/C=C1\C(=N/CCl)N(CCC(C)C)C(C)C(=O)N1C. The molecule has 0 spiro atoms. The van der Waals surface area contributed by atoms with Gasteiger partial charge in [-0.2, -0.15) is 0 Å². The molecule has 1 heterocycles. The Balaban J connectivity index is 3.08. The van der Waals surface area contributed by atoms with E-state index in [4.69, 9.17) is 11.6 Å². The number of hydrogen-bond donors (Lipinski definition) is 0. The van der Waals surface area contributed by atoms with E-state index in [0.717, 1.165) is 24.5 Å². The van der Waals surface area contributed by atoms with Crippen LogP contribution in [-0.2, 0) is 4.79 Å². The highest BCUT2D eigenvalue weighted by atomic mass is 35.5. The lowest BCUT2D eigenvalue weighted by Crippen LogP contribution is -2.56. The topological polar surface area (TPSA) is 35.9 Å². The van der Waals surface area contributed by atoms with Gasteiger partial charge in [-0.3, -0.25) is 9.79 Å². The first-order chi connectivity index (χ1) is 8.93. The zero-order valence-electron chi connectivity index (χ0n) is 12.5. The van der Waals surface area contributed by atoms with Gasteiger partial charge in [-0.25, -0.2) is 0 Å². The van der Waals surface area contributed by atoms with Crippen LogP contribution < -0.4 is 0 Å². The van der Waals surface area contributed by atoms with Crippen LogP contribution in [0.2, 0.25) is 0 Å². The van der Waals surface area contributed by atoms with Crippen LogP contribution in [0.5, 0.6) is 0 Å². The predicted molar refractivity (Wildman–Crippen MR) is 80.3 cm³/mol. The van der Waals surface area contributed by atoms with Crippen LogP contribution in [0.4, 0.5) is 0 Å². The Kier molecular flexibility index (Phi) is 5.85. The fourth-order valence-corrected chi connectivity index (χ4v) is 2.37. The number of allylic oxidation sites excluding steroid dienone is 1. The fourth-order valence-electron chi connectivity index (χ4n) is 2.26. The van der Waals surface area contributed by atoms with Crippen molar-refractivity contribution in [1.82, 2.24) is 9.80 Å². The number of likely N-dealkylation sites (N-methyl/N-ethyl adjacent to an activating group) is 1. The number of carbonyl (C=O) groups is 1. The van der Waals surface area contributed by atoms with Crippen LogP contribution in [0, 0.1) is 5.92 Å². The molecule has 1 unspecified atom stereocenters. The van der Waals surface area contributed by atoms with Crippen LogP contribution in [-0.4, -0.2) is 47.2 Å². The summed E-state index contributed by atoms with van der Waals surface area (Å²) in [6, 6.07) is 0.0222. The second-order valence-electron chi connectivity index (χ2n) is 5.22. The van der Waals surface area contributed by atoms with Gasteiger partial charge in [-0.05, 0) is 26.2 Å². The molecule has 0 N–H and O–H groups in total. The molecule has 0 aromatic rings. The van der Waals surface area contributed by atoms with Crippen LogP contribution in [0.3, 0.4) is 0 Å². The number of halogens is 1. The Bertz CT molecular complexity index is 390. The summed E-state index contributed by atoms with van der Waals surface area (Å²) in [4.78, 5) is 20.4. The van der Waals surface area contributed by atoms with Crippen LogP contribution in [0.25, 0.3) is 0 Å². The number of hydrogen-bond acceptors (Lipinski definition) is 2. The molecule has 0 bridgehead atoms. The second-order valence-corrected chi connectivity index (χ2v) is 5.46. The highest BCUT2D eigenvalue weighted by Gasteiger charge is 2.36. The molecule has 4 nitrogen and oxygen atoms in total. The first-order valence-electron chi connectivity index (χ1n) is 6.75. The summed E-state index contributed by atoms with van der Waals surface area (Å²) in [5, 5.41) is 0. The molecule has 1 amide bonds. The first kappa shape index (κ1) is 16.0. The highest BCUT2D eigenvalue weighted by Crippen LogP contribution is 2.22. The van der Waals surface area contributed by atoms with E-state index in [9.17, 15) is 4.79 Å². The number of carbonyl (C=O) groups excluding carboxylic acids is 1. The van der Waals surface area contributed by atoms with Crippen molar-refractivity contribution in [3.05, 3.63) is 11.8 Å². The molecule has 19 heavy (non-hydrogen) atoms. The third kappa shape index (κ3) is 3.50. The Morgan fingerprint density at radius 2 is 2.11 bits per heavy atom. The molecule has 5 heteroatoms. The number of piperazine rings is 1. The Morgan fingerprint density at radius 1 is 1.47 bits per heavy atom. The molecule has 0 radical (unpaired) electrons. The average Bonchev–Trinajstić information content (AvgIpc) is 2.36. The van der Waals surface area contributed by atoms with E-state index in [1.807, 2.05) is 19.9 Å². The fraction of sp³-hybridized carbons (Fsp3) is 0.714. The molecule has 0 aromatic carbocycles. The molecule has 0 aromatic heterocycles. The van der Waals surface area contributed by atoms with Crippen LogP contribution in [0.15, 0.2) is 16.8 Å². The standard InChI is InChI=1S/C14H24ClN3O/c1-6-12-13(16-9-15)18(8-7-10(2)3)11(4)14(19)17(12)5/h6,10-11H,7-9H2,1-5H3/b12-6+,16-13+. The maximum Gasteiger partial charge on any atom is 0.249 e. The number of alkyl halides is 1. The minimum absolute atomic E-state index is 0.102. The Morgan fingerprint density at radius 3 is 2.58 bits per heavy atom. The molecular formula is C14H24ClN3O. The van der Waals surface area contributed by atoms with Gasteiger partial charge in [-0.1, -0.05) is 19.9 Å². The smallest absolute Gasteiger partial charge is 0.249 e. The summed E-state index contributed by atoms with van der Waals surface area (Å²) in [6.45, 7) is 9.02. The van der Waals surface area contributed by atoms with Crippen molar-refractivity contribution in [3.8, 4) is 0 Å². The van der Waals surface area contributed by atoms with E-state index in [1.165, 1.54) is 0 Å². The van der Waals surface area contributed by atoms with Crippen LogP contribution in [0.1, 0.15) is 34.1 Å². The normalized spacial score (nSPS) is 25.0. The molecule has 1 aliphatic heterocycles. The molecule has 108 valence electrons. The quantitative estimate of drug-likeness (QED) is 0.588. The summed E-state index contributed by atoms with van der Waals surface area (Å²) < 4.78 is 0. The lowest BCUT2D eigenvalue weighted by atomic mass is 10.1. The third-order valence-corrected chi connectivity index (χ3v) is 3.57. The predicted octanol–water partition coefficient (Wildman–Crippen LogP) is 2.69. The van der Waals surface area contributed by atoms with Crippen molar-refractivity contribution in [2.75, 3.05) is 19.6 Å². The van der Waals surface area contributed by atoms with Crippen molar-refractivity contribution >= 4 is 23.3 Å². The number of amidine groups is 1. The van der Waals surface area contributed by atoms with E-state index in [1.54, 1.807) is 11.9 Å². The number of rotatable bonds is 4. The lowest BCUT2D eigenvalue weighted by molar-refractivity contribution is -0.133. The van der Waals surface area contributed by atoms with E-state index < -0.39 is 0 Å². The molecule has 1 fully saturated rings. The van der Waals surface area contributed by atoms with Gasteiger partial charge in [0.05, 0.1) is 5.70 Å². The van der Waals surface area contributed by atoms with Crippen LogP contribution >= 0.6 is 11.6 Å². The summed E-state index contributed by atoms with van der Waals surface area (Å²) in [5.74, 6) is 1.52. The molecule has 1 atom stereocenters. The van der Waals surface area contributed by atoms with Crippen molar-refractivity contribution < 1.29 is 4.79 Å². The molecule has 1 rings (SSSR count). The minimum Gasteiger partial charge on any atom is -0.343 e. The Labute approximate surface area is 121 Å². The lowest BCUT2D eigenvalue weighted by Gasteiger charge is -2.41. The van der Waals surface area contributed by atoms with Gasteiger partial charge in [0.25, 0.3) is 0 Å². The van der Waals surface area contributed by atoms with E-state index >= 15 is 0 Å². The molecule has 1 aliphatic rings. The van der Waals surface area contributed by atoms with Gasteiger partial charge >= 0.3 is 0 Å². The molecular weight excluding hydrogens is 262 g/mol. The number of aliphatic imine (C=N–C) groups is 1. The van der Waals surface area contributed by atoms with E-state index in [-0.39, 0.29) is 18.0 Å². The Hall–Kier alpha value is -1.03. The maximum absolute atomic E-state index is 12.3. The summed E-state index contributed by atoms with van der Waals surface area (Å²) in [7, 11) is 1.79.